The molecule has 3 aromatic rings. The van der Waals surface area contributed by atoms with E-state index in [0.717, 1.165) is 5.39 Å². The molecule has 0 bridgehead atoms. The number of rotatable bonds is 8. The molecule has 0 saturated heterocycles. The first kappa shape index (κ1) is 24.2. The van der Waals surface area contributed by atoms with Gasteiger partial charge in [-0.05, 0) is 85.0 Å². The highest BCUT2D eigenvalue weighted by molar-refractivity contribution is 5.98. The molecular weight excluding hydrogens is 451 g/mol. The number of aliphatic carboxylic acids is 1. The van der Waals surface area contributed by atoms with Gasteiger partial charge in [-0.1, -0.05) is 12.1 Å². The molecule has 0 heterocycles. The molecule has 0 spiro atoms. The number of carboxylic acids is 1. The second-order valence-corrected chi connectivity index (χ2v) is 8.67. The average Bonchev–Trinajstić information content (AvgIpc) is 2.86. The van der Waals surface area contributed by atoms with Crippen LogP contribution in [-0.4, -0.2) is 42.1 Å². The Balaban J connectivity index is 1.20. The molecule has 1 aliphatic carbocycles. The molecule has 4 rings (SSSR count). The molecule has 0 aromatic heterocycles. The maximum atomic E-state index is 13.4. The van der Waals surface area contributed by atoms with Gasteiger partial charge in [0.05, 0.1) is 12.0 Å². The summed E-state index contributed by atoms with van der Waals surface area (Å²) in [6, 6.07) is 16.3. The molecule has 0 unspecified atom stereocenters. The molecule has 8 heteroatoms. The summed E-state index contributed by atoms with van der Waals surface area (Å²) in [5.41, 5.74) is 0.885. The van der Waals surface area contributed by atoms with Gasteiger partial charge in [0, 0.05) is 24.2 Å². The van der Waals surface area contributed by atoms with E-state index in [1.165, 1.54) is 12.1 Å². The van der Waals surface area contributed by atoms with Gasteiger partial charge in [-0.25, -0.2) is 4.39 Å². The number of nitrogens with one attached hydrogen (secondary N) is 2. The molecule has 2 amide bonds. The van der Waals surface area contributed by atoms with Gasteiger partial charge < -0.3 is 20.5 Å². The van der Waals surface area contributed by atoms with E-state index in [2.05, 4.69) is 10.6 Å². The zero-order valence-electron chi connectivity index (χ0n) is 19.1. The average molecular weight is 479 g/mol. The SMILES string of the molecule is O=C(NCCNC(=O)c1ccc2ccc(F)cc2c1)c1ccc(O[C@H]2CC[C@@H](C(=O)O)CC2)cc1. The van der Waals surface area contributed by atoms with Gasteiger partial charge in [-0.15, -0.1) is 0 Å². The second kappa shape index (κ2) is 11.0. The normalized spacial score (nSPS) is 17.5. The van der Waals surface area contributed by atoms with Crippen molar-refractivity contribution in [3.63, 3.8) is 0 Å². The summed E-state index contributed by atoms with van der Waals surface area (Å²) < 4.78 is 19.4. The minimum absolute atomic E-state index is 0.0180. The Bertz CT molecular complexity index is 1220. The van der Waals surface area contributed by atoms with Crippen molar-refractivity contribution in [3.8, 4) is 5.75 Å². The number of carbonyl (C=O) groups excluding carboxylic acids is 2. The lowest BCUT2D eigenvalue weighted by Gasteiger charge is -2.26. The predicted octanol–water partition coefficient (Wildman–Crippen LogP) is 4.16. The quantitative estimate of drug-likeness (QED) is 0.422. The number of amides is 2. The minimum atomic E-state index is -0.747. The van der Waals surface area contributed by atoms with Crippen LogP contribution < -0.4 is 15.4 Å². The van der Waals surface area contributed by atoms with Crippen molar-refractivity contribution in [2.24, 2.45) is 5.92 Å². The summed E-state index contributed by atoms with van der Waals surface area (Å²) in [6.45, 7) is 0.490. The molecule has 3 aromatic carbocycles. The van der Waals surface area contributed by atoms with E-state index < -0.39 is 5.97 Å². The van der Waals surface area contributed by atoms with Gasteiger partial charge in [0.1, 0.15) is 11.6 Å². The Morgan fingerprint density at radius 3 is 2.06 bits per heavy atom. The molecule has 1 fully saturated rings. The number of ether oxygens (including phenoxy) is 1. The van der Waals surface area contributed by atoms with E-state index in [1.54, 1.807) is 48.5 Å². The van der Waals surface area contributed by atoms with Crippen molar-refractivity contribution in [2.45, 2.75) is 31.8 Å². The fraction of sp³-hybridized carbons (Fsp3) is 0.296. The summed E-state index contributed by atoms with van der Waals surface area (Å²) in [7, 11) is 0. The van der Waals surface area contributed by atoms with Crippen molar-refractivity contribution >= 4 is 28.6 Å². The number of benzene rings is 3. The molecule has 182 valence electrons. The molecule has 1 saturated carbocycles. The van der Waals surface area contributed by atoms with Crippen molar-refractivity contribution in [3.05, 3.63) is 77.6 Å². The first-order valence-electron chi connectivity index (χ1n) is 11.6. The van der Waals surface area contributed by atoms with Crippen molar-refractivity contribution in [2.75, 3.05) is 13.1 Å². The van der Waals surface area contributed by atoms with Gasteiger partial charge in [-0.2, -0.15) is 0 Å². The van der Waals surface area contributed by atoms with Crippen LogP contribution in [0.25, 0.3) is 10.8 Å². The van der Waals surface area contributed by atoms with Crippen molar-refractivity contribution < 1.29 is 28.6 Å². The van der Waals surface area contributed by atoms with E-state index in [4.69, 9.17) is 9.84 Å². The van der Waals surface area contributed by atoms with Crippen LogP contribution in [-0.2, 0) is 4.79 Å². The maximum absolute atomic E-state index is 13.4. The highest BCUT2D eigenvalue weighted by Crippen LogP contribution is 2.28. The third kappa shape index (κ3) is 6.35. The first-order chi connectivity index (χ1) is 16.9. The van der Waals surface area contributed by atoms with Gasteiger partial charge in [0.2, 0.25) is 0 Å². The Labute approximate surface area is 202 Å². The largest absolute Gasteiger partial charge is 0.490 e. The molecular formula is C27H27FN2O5. The molecule has 0 aliphatic heterocycles. The van der Waals surface area contributed by atoms with E-state index in [9.17, 15) is 18.8 Å². The topological polar surface area (TPSA) is 105 Å². The fourth-order valence-corrected chi connectivity index (χ4v) is 4.22. The van der Waals surface area contributed by atoms with Crippen molar-refractivity contribution in [1.82, 2.24) is 10.6 Å². The predicted molar refractivity (Wildman–Crippen MR) is 129 cm³/mol. The summed E-state index contributed by atoms with van der Waals surface area (Å²) in [5, 5.41) is 16.1. The van der Waals surface area contributed by atoms with Crippen LogP contribution in [0.15, 0.2) is 60.7 Å². The lowest BCUT2D eigenvalue weighted by atomic mass is 9.87. The monoisotopic (exact) mass is 478 g/mol. The van der Waals surface area contributed by atoms with Gasteiger partial charge in [-0.3, -0.25) is 14.4 Å². The van der Waals surface area contributed by atoms with E-state index in [-0.39, 0.29) is 42.7 Å². The standard InChI is InChI=1S/C27H27FN2O5/c28-22-8-3-17-1-2-20(15-21(17)16-22)26(32)30-14-13-29-25(31)18-4-9-23(10-5-18)35-24-11-6-19(7-12-24)27(33)34/h1-5,8-10,15-16,19,24H,6-7,11-14H2,(H,29,31)(H,30,32)(H,33,34)/t19-,24+. The Morgan fingerprint density at radius 2 is 1.40 bits per heavy atom. The number of hydrogen-bond donors (Lipinski definition) is 3. The lowest BCUT2D eigenvalue weighted by Crippen LogP contribution is -2.34. The van der Waals surface area contributed by atoms with Crippen LogP contribution in [0.3, 0.4) is 0 Å². The Hall–Kier alpha value is -3.94. The zero-order valence-corrected chi connectivity index (χ0v) is 19.1. The Morgan fingerprint density at radius 1 is 0.800 bits per heavy atom. The highest BCUT2D eigenvalue weighted by atomic mass is 19.1. The Kier molecular flexibility index (Phi) is 7.60. The lowest BCUT2D eigenvalue weighted by molar-refractivity contribution is -0.143. The number of hydrogen-bond acceptors (Lipinski definition) is 4. The molecule has 0 atom stereocenters. The van der Waals surface area contributed by atoms with E-state index >= 15 is 0 Å². The van der Waals surface area contributed by atoms with Crippen molar-refractivity contribution in [1.29, 1.82) is 0 Å². The number of carbonyl (C=O) groups is 3. The number of halogens is 1. The van der Waals surface area contributed by atoms with Crippen LogP contribution in [0.2, 0.25) is 0 Å². The van der Waals surface area contributed by atoms with Crippen LogP contribution in [0.4, 0.5) is 4.39 Å². The summed E-state index contributed by atoms with van der Waals surface area (Å²) in [5.74, 6) is -1.33. The molecule has 3 N–H and O–H groups in total. The maximum Gasteiger partial charge on any atom is 0.306 e. The van der Waals surface area contributed by atoms with Gasteiger partial charge in [0.15, 0.2) is 0 Å². The summed E-state index contributed by atoms with van der Waals surface area (Å²) in [6.07, 6.45) is 2.59. The van der Waals surface area contributed by atoms with Crippen LogP contribution in [0.1, 0.15) is 46.4 Å². The van der Waals surface area contributed by atoms with Gasteiger partial charge >= 0.3 is 5.97 Å². The summed E-state index contributed by atoms with van der Waals surface area (Å²) in [4.78, 5) is 35.8. The highest BCUT2D eigenvalue weighted by Gasteiger charge is 2.26. The number of carboxylic acid groups (broad SMARTS) is 1. The molecule has 7 nitrogen and oxygen atoms in total. The minimum Gasteiger partial charge on any atom is -0.490 e. The molecule has 1 aliphatic rings. The zero-order chi connectivity index (χ0) is 24.8. The molecule has 0 radical (unpaired) electrons. The number of fused-ring (bicyclic) bond motifs is 1. The third-order valence-electron chi connectivity index (χ3n) is 6.20. The van der Waals surface area contributed by atoms with Gasteiger partial charge in [0.25, 0.3) is 11.8 Å². The van der Waals surface area contributed by atoms with Crippen LogP contribution >= 0.6 is 0 Å². The smallest absolute Gasteiger partial charge is 0.306 e. The van der Waals surface area contributed by atoms with E-state index in [1.807, 2.05) is 0 Å². The van der Waals surface area contributed by atoms with Crippen LogP contribution in [0, 0.1) is 11.7 Å². The second-order valence-electron chi connectivity index (χ2n) is 8.67. The fourth-order valence-electron chi connectivity index (χ4n) is 4.22. The first-order valence-corrected chi connectivity index (χ1v) is 11.6. The van der Waals surface area contributed by atoms with Crippen LogP contribution in [0.5, 0.6) is 5.75 Å². The van der Waals surface area contributed by atoms with E-state index in [0.29, 0.717) is 47.9 Å². The summed E-state index contributed by atoms with van der Waals surface area (Å²) >= 11 is 0. The molecule has 35 heavy (non-hydrogen) atoms. The third-order valence-corrected chi connectivity index (χ3v) is 6.20.